The van der Waals surface area contributed by atoms with Gasteiger partial charge in [0.2, 0.25) is 0 Å². The van der Waals surface area contributed by atoms with E-state index in [0.29, 0.717) is 5.92 Å². The minimum Gasteiger partial charge on any atom is -0.456 e. The molecule has 0 aliphatic heterocycles. The van der Waals surface area contributed by atoms with E-state index in [2.05, 4.69) is 165 Å². The van der Waals surface area contributed by atoms with Crippen LogP contribution < -0.4 is 4.90 Å². The van der Waals surface area contributed by atoms with Crippen molar-refractivity contribution in [2.75, 3.05) is 4.90 Å². The Hall–Kier alpha value is -6.58. The topological polar surface area (TPSA) is 29.5 Å². The molecule has 2 aromatic heterocycles. The lowest BCUT2D eigenvalue weighted by molar-refractivity contribution is 0.657. The molecule has 2 heterocycles. The fourth-order valence-electron chi connectivity index (χ4n) is 9.26. The van der Waals surface area contributed by atoms with Crippen LogP contribution in [0.1, 0.15) is 38.3 Å². The maximum Gasteiger partial charge on any atom is 0.135 e. The normalized spacial score (nSPS) is 15.8. The monoisotopic (exact) mass is 709 g/mol. The number of anilines is 2. The highest BCUT2D eigenvalue weighted by Gasteiger charge is 2.36. The summed E-state index contributed by atoms with van der Waals surface area (Å²) >= 11 is 0. The Morgan fingerprint density at radius 2 is 1.07 bits per heavy atom. The molecule has 1 unspecified atom stereocenters. The van der Waals surface area contributed by atoms with Crippen molar-refractivity contribution in [3.8, 4) is 33.4 Å². The average Bonchev–Trinajstić information content (AvgIpc) is 3.86. The first kappa shape index (κ1) is 31.9. The molecule has 2 aliphatic rings. The predicted molar refractivity (Wildman–Crippen MR) is 229 cm³/mol. The quantitative estimate of drug-likeness (QED) is 0.178. The molecular weight excluding hydrogens is 671 g/mol. The smallest absolute Gasteiger partial charge is 0.135 e. The highest BCUT2D eigenvalue weighted by Crippen LogP contribution is 2.51. The third-order valence-corrected chi connectivity index (χ3v) is 12.1. The van der Waals surface area contributed by atoms with Crippen LogP contribution in [0, 0.1) is 5.92 Å². The number of nitrogens with zero attached hydrogens (tertiary/aromatic N) is 1. The average molecular weight is 710 g/mol. The SMILES string of the molecule is CC1CC=CC=C1N(c1ccc(-c2ccc3oc4ccccc4c3c2)c(-c2ccc3oc4ccccc4c3c2)c1)c1ccc2c(c1)C(C)(C)c1ccccc1-2. The van der Waals surface area contributed by atoms with Crippen LogP contribution in [0.2, 0.25) is 0 Å². The molecule has 0 amide bonds. The van der Waals surface area contributed by atoms with E-state index in [-0.39, 0.29) is 5.41 Å². The van der Waals surface area contributed by atoms with E-state index in [1.54, 1.807) is 0 Å². The molecule has 264 valence electrons. The Morgan fingerprint density at radius 3 is 1.76 bits per heavy atom. The zero-order valence-corrected chi connectivity index (χ0v) is 31.1. The minimum atomic E-state index is -0.103. The van der Waals surface area contributed by atoms with Crippen LogP contribution in [0.5, 0.6) is 0 Å². The van der Waals surface area contributed by atoms with E-state index in [9.17, 15) is 0 Å². The number of rotatable bonds is 5. The molecule has 1 atom stereocenters. The number of fused-ring (bicyclic) bond motifs is 9. The number of furan rings is 2. The van der Waals surface area contributed by atoms with Crippen LogP contribution in [0.4, 0.5) is 11.4 Å². The number of para-hydroxylation sites is 2. The molecule has 0 radical (unpaired) electrons. The molecule has 0 saturated carbocycles. The van der Waals surface area contributed by atoms with Crippen molar-refractivity contribution in [3.05, 3.63) is 181 Å². The Labute approximate surface area is 320 Å². The van der Waals surface area contributed by atoms with E-state index >= 15 is 0 Å². The summed E-state index contributed by atoms with van der Waals surface area (Å²) in [5, 5.41) is 4.49. The van der Waals surface area contributed by atoms with Crippen molar-refractivity contribution in [1.82, 2.24) is 0 Å². The van der Waals surface area contributed by atoms with E-state index < -0.39 is 0 Å². The van der Waals surface area contributed by atoms with E-state index in [1.165, 1.54) is 39.2 Å². The maximum atomic E-state index is 6.29. The second kappa shape index (κ2) is 12.0. The molecule has 3 heteroatoms. The van der Waals surface area contributed by atoms with Crippen molar-refractivity contribution in [3.63, 3.8) is 0 Å². The van der Waals surface area contributed by atoms with Gasteiger partial charge in [-0.2, -0.15) is 0 Å². The second-order valence-electron chi connectivity index (χ2n) is 15.7. The lowest BCUT2D eigenvalue weighted by Gasteiger charge is -2.34. The second-order valence-corrected chi connectivity index (χ2v) is 15.7. The Bertz CT molecular complexity index is 3080. The summed E-state index contributed by atoms with van der Waals surface area (Å²) in [5.74, 6) is 0.344. The van der Waals surface area contributed by atoms with Gasteiger partial charge in [-0.3, -0.25) is 0 Å². The number of benzene rings is 7. The van der Waals surface area contributed by atoms with Crippen LogP contribution in [0.3, 0.4) is 0 Å². The molecule has 11 rings (SSSR count). The standard InChI is InChI=1S/C52H39NO2/c1-32-12-4-9-17-47(32)53(36-23-25-39-38-13-5-8-16-45(38)52(2,3)46(39)31-36)35-22-24-37(33-20-26-50-43(28-33)40-14-6-10-18-48(40)54-50)42(30-35)34-21-27-51-44(29-34)41-15-7-11-19-49(41)55-51/h4-11,13-32H,12H2,1-3H3. The molecule has 3 nitrogen and oxygen atoms in total. The van der Waals surface area contributed by atoms with Gasteiger partial charge in [0, 0.05) is 49.9 Å². The van der Waals surface area contributed by atoms with Gasteiger partial charge >= 0.3 is 0 Å². The Morgan fingerprint density at radius 1 is 0.509 bits per heavy atom. The molecule has 2 aliphatic carbocycles. The van der Waals surface area contributed by atoms with Crippen LogP contribution in [0.25, 0.3) is 77.3 Å². The van der Waals surface area contributed by atoms with Gasteiger partial charge < -0.3 is 13.7 Å². The largest absolute Gasteiger partial charge is 0.456 e. The summed E-state index contributed by atoms with van der Waals surface area (Å²) < 4.78 is 12.5. The third kappa shape index (κ3) is 4.89. The third-order valence-electron chi connectivity index (χ3n) is 12.1. The van der Waals surface area contributed by atoms with Gasteiger partial charge in [0.25, 0.3) is 0 Å². The lowest BCUT2D eigenvalue weighted by atomic mass is 9.82. The molecule has 0 saturated heterocycles. The van der Waals surface area contributed by atoms with Crippen molar-refractivity contribution in [2.24, 2.45) is 5.92 Å². The van der Waals surface area contributed by atoms with E-state index in [4.69, 9.17) is 8.83 Å². The molecule has 55 heavy (non-hydrogen) atoms. The van der Waals surface area contributed by atoms with Gasteiger partial charge in [-0.15, -0.1) is 0 Å². The zero-order chi connectivity index (χ0) is 36.8. The molecular formula is C52H39NO2. The number of allylic oxidation sites excluding steroid dienone is 4. The highest BCUT2D eigenvalue weighted by molar-refractivity contribution is 6.08. The van der Waals surface area contributed by atoms with Gasteiger partial charge in [-0.05, 0) is 118 Å². The van der Waals surface area contributed by atoms with Crippen LogP contribution in [0.15, 0.2) is 178 Å². The van der Waals surface area contributed by atoms with Crippen LogP contribution in [-0.4, -0.2) is 0 Å². The number of hydrogen-bond donors (Lipinski definition) is 0. The fourth-order valence-corrected chi connectivity index (χ4v) is 9.26. The zero-order valence-electron chi connectivity index (χ0n) is 31.1. The highest BCUT2D eigenvalue weighted by atomic mass is 16.3. The van der Waals surface area contributed by atoms with Gasteiger partial charge in [0.1, 0.15) is 22.3 Å². The summed E-state index contributed by atoms with van der Waals surface area (Å²) in [5.41, 5.74) is 17.1. The summed E-state index contributed by atoms with van der Waals surface area (Å²) in [6.07, 6.45) is 7.80. The predicted octanol–water partition coefficient (Wildman–Crippen LogP) is 14.7. The molecule has 9 aromatic rings. The van der Waals surface area contributed by atoms with Crippen molar-refractivity contribution >= 4 is 55.3 Å². The first-order valence-corrected chi connectivity index (χ1v) is 19.3. The van der Waals surface area contributed by atoms with Crippen LogP contribution >= 0.6 is 0 Å². The van der Waals surface area contributed by atoms with Gasteiger partial charge in [-0.1, -0.05) is 118 Å². The maximum absolute atomic E-state index is 6.29. The molecule has 0 fully saturated rings. The van der Waals surface area contributed by atoms with Gasteiger partial charge in [0.05, 0.1) is 0 Å². The van der Waals surface area contributed by atoms with Crippen molar-refractivity contribution < 1.29 is 8.83 Å². The number of hydrogen-bond acceptors (Lipinski definition) is 3. The first-order valence-electron chi connectivity index (χ1n) is 19.3. The first-order chi connectivity index (χ1) is 26.9. The summed E-state index contributed by atoms with van der Waals surface area (Å²) in [7, 11) is 0. The Kier molecular flexibility index (Phi) is 6.94. The molecule has 0 spiro atoms. The lowest BCUT2D eigenvalue weighted by Crippen LogP contribution is -2.23. The minimum absolute atomic E-state index is 0.103. The van der Waals surface area contributed by atoms with E-state index in [1.807, 2.05) is 24.3 Å². The van der Waals surface area contributed by atoms with Gasteiger partial charge in [-0.25, -0.2) is 0 Å². The summed E-state index contributed by atoms with van der Waals surface area (Å²) in [6.45, 7) is 7.06. The van der Waals surface area contributed by atoms with Crippen LogP contribution in [-0.2, 0) is 5.41 Å². The van der Waals surface area contributed by atoms with E-state index in [0.717, 1.165) is 72.7 Å². The van der Waals surface area contributed by atoms with Crippen molar-refractivity contribution in [2.45, 2.75) is 32.6 Å². The summed E-state index contributed by atoms with van der Waals surface area (Å²) in [6, 6.07) is 52.9. The Balaban J connectivity index is 1.14. The molecule has 0 bridgehead atoms. The molecule has 0 N–H and O–H groups in total. The van der Waals surface area contributed by atoms with Crippen molar-refractivity contribution in [1.29, 1.82) is 0 Å². The van der Waals surface area contributed by atoms with Gasteiger partial charge in [0.15, 0.2) is 0 Å². The molecule has 7 aromatic carbocycles. The fraction of sp³-hybridized carbons (Fsp3) is 0.115. The summed E-state index contributed by atoms with van der Waals surface area (Å²) in [4.78, 5) is 2.50.